The van der Waals surface area contributed by atoms with Crippen LogP contribution >= 0.6 is 35.3 Å². The number of hydrogen-bond acceptors (Lipinski definition) is 4. The molecule has 0 saturated carbocycles. The fraction of sp³-hybridized carbons (Fsp3) is 0.368. The molecular weight excluding hydrogens is 459 g/mol. The van der Waals surface area contributed by atoms with E-state index in [0.29, 0.717) is 6.54 Å². The summed E-state index contributed by atoms with van der Waals surface area (Å²) in [5.74, 6) is 1.67. The number of nitrogens with one attached hydrogen (secondary N) is 2. The second-order valence-electron chi connectivity index (χ2n) is 5.70. The third kappa shape index (κ3) is 5.70. The van der Waals surface area contributed by atoms with Crippen LogP contribution in [0.4, 0.5) is 0 Å². The number of furan rings is 1. The molecule has 140 valence electrons. The zero-order valence-corrected chi connectivity index (χ0v) is 18.3. The van der Waals surface area contributed by atoms with Crippen molar-refractivity contribution in [1.82, 2.24) is 15.6 Å². The monoisotopic (exact) mass is 484 g/mol. The Labute approximate surface area is 175 Å². The number of rotatable bonds is 7. The number of guanidine groups is 1. The quantitative estimate of drug-likeness (QED) is 0.297. The molecule has 0 radical (unpaired) electrons. The first kappa shape index (κ1) is 20.7. The van der Waals surface area contributed by atoms with Crippen molar-refractivity contribution in [2.45, 2.75) is 33.2 Å². The van der Waals surface area contributed by atoms with E-state index in [1.807, 2.05) is 36.5 Å². The number of nitrogens with zero attached hydrogens (tertiary/aromatic N) is 2. The van der Waals surface area contributed by atoms with Gasteiger partial charge in [0.05, 0.1) is 5.01 Å². The molecule has 3 rings (SSSR count). The van der Waals surface area contributed by atoms with E-state index in [1.165, 1.54) is 4.88 Å². The molecule has 1 aromatic carbocycles. The molecule has 3 aromatic rings. The van der Waals surface area contributed by atoms with E-state index in [9.17, 15) is 0 Å². The zero-order valence-electron chi connectivity index (χ0n) is 15.1. The number of halogens is 1. The largest absolute Gasteiger partial charge is 0.459 e. The van der Waals surface area contributed by atoms with E-state index < -0.39 is 0 Å². The van der Waals surface area contributed by atoms with E-state index in [0.717, 1.165) is 53.6 Å². The lowest BCUT2D eigenvalue weighted by Gasteiger charge is -2.10. The van der Waals surface area contributed by atoms with Gasteiger partial charge in [0.1, 0.15) is 17.9 Å². The van der Waals surface area contributed by atoms with Crippen molar-refractivity contribution in [2.24, 2.45) is 4.99 Å². The van der Waals surface area contributed by atoms with Crippen LogP contribution < -0.4 is 10.6 Å². The second-order valence-corrected chi connectivity index (χ2v) is 6.90. The van der Waals surface area contributed by atoms with Gasteiger partial charge in [-0.2, -0.15) is 0 Å². The van der Waals surface area contributed by atoms with Gasteiger partial charge in [0, 0.05) is 36.0 Å². The van der Waals surface area contributed by atoms with Gasteiger partial charge in [-0.05, 0) is 25.5 Å². The number of hydrogen-bond donors (Lipinski definition) is 2. The molecule has 26 heavy (non-hydrogen) atoms. The zero-order chi connectivity index (χ0) is 17.5. The Hall–Kier alpha value is -1.61. The summed E-state index contributed by atoms with van der Waals surface area (Å²) < 4.78 is 5.81. The van der Waals surface area contributed by atoms with Gasteiger partial charge >= 0.3 is 0 Å². The smallest absolute Gasteiger partial charge is 0.191 e. The van der Waals surface area contributed by atoms with Crippen LogP contribution in [0.3, 0.4) is 0 Å². The van der Waals surface area contributed by atoms with Crippen LogP contribution in [0, 0.1) is 0 Å². The molecular formula is C19H25IN4OS. The normalized spacial score (nSPS) is 11.4. The number of aromatic nitrogens is 1. The minimum Gasteiger partial charge on any atom is -0.459 e. The first-order valence-corrected chi connectivity index (χ1v) is 9.53. The lowest BCUT2D eigenvalue weighted by Crippen LogP contribution is -2.38. The average Bonchev–Trinajstić information content (AvgIpc) is 3.25. The minimum atomic E-state index is 0. The minimum absolute atomic E-state index is 0. The van der Waals surface area contributed by atoms with Crippen molar-refractivity contribution in [3.05, 3.63) is 52.2 Å². The summed E-state index contributed by atoms with van der Waals surface area (Å²) in [6.45, 7) is 6.36. The molecule has 0 aliphatic rings. The van der Waals surface area contributed by atoms with E-state index in [4.69, 9.17) is 4.42 Å². The molecule has 2 heterocycles. The Morgan fingerprint density at radius 1 is 1.23 bits per heavy atom. The molecule has 2 aromatic heterocycles. The van der Waals surface area contributed by atoms with Crippen LogP contribution in [0.25, 0.3) is 11.0 Å². The van der Waals surface area contributed by atoms with E-state index in [1.54, 1.807) is 11.3 Å². The summed E-state index contributed by atoms with van der Waals surface area (Å²) in [4.78, 5) is 10.4. The Morgan fingerprint density at radius 3 is 2.81 bits per heavy atom. The lowest BCUT2D eigenvalue weighted by molar-refractivity contribution is 0.551. The molecule has 0 spiro atoms. The molecule has 0 atom stereocenters. The highest BCUT2D eigenvalue weighted by atomic mass is 127. The molecule has 0 aliphatic heterocycles. The second kappa shape index (κ2) is 10.5. The topological polar surface area (TPSA) is 62.5 Å². The first-order chi connectivity index (χ1) is 12.3. The maximum Gasteiger partial charge on any atom is 0.191 e. The van der Waals surface area contributed by atoms with Gasteiger partial charge in [-0.3, -0.25) is 0 Å². The third-order valence-electron chi connectivity index (χ3n) is 3.79. The Balaban J connectivity index is 0.00000243. The van der Waals surface area contributed by atoms with Crippen molar-refractivity contribution in [3.8, 4) is 0 Å². The SMILES string of the molecule is CCNC(=NCc1cc2ccccc2o1)NCCc1ncc(CC)s1.I. The molecule has 7 heteroatoms. The highest BCUT2D eigenvalue weighted by Crippen LogP contribution is 2.19. The predicted octanol–water partition coefficient (Wildman–Crippen LogP) is 4.37. The van der Waals surface area contributed by atoms with Gasteiger partial charge in [-0.25, -0.2) is 9.98 Å². The third-order valence-corrected chi connectivity index (χ3v) is 5.00. The van der Waals surface area contributed by atoms with Crippen molar-refractivity contribution in [1.29, 1.82) is 0 Å². The standard InChI is InChI=1S/C19H24N4OS.HI/c1-3-16-13-22-18(25-16)9-10-21-19(20-4-2)23-12-15-11-14-7-5-6-8-17(14)24-15;/h5-8,11,13H,3-4,9-10,12H2,1-2H3,(H2,20,21,23);1H. The van der Waals surface area contributed by atoms with Gasteiger partial charge < -0.3 is 15.1 Å². The molecule has 5 nitrogen and oxygen atoms in total. The van der Waals surface area contributed by atoms with Crippen LogP contribution in [-0.4, -0.2) is 24.0 Å². The lowest BCUT2D eigenvalue weighted by atomic mass is 10.2. The summed E-state index contributed by atoms with van der Waals surface area (Å²) in [6.07, 6.45) is 3.92. The van der Waals surface area contributed by atoms with Gasteiger partial charge in [0.25, 0.3) is 0 Å². The fourth-order valence-corrected chi connectivity index (χ4v) is 3.39. The molecule has 0 unspecified atom stereocenters. The maximum absolute atomic E-state index is 5.81. The highest BCUT2D eigenvalue weighted by Gasteiger charge is 2.04. The van der Waals surface area contributed by atoms with Crippen LogP contribution in [0.2, 0.25) is 0 Å². The van der Waals surface area contributed by atoms with E-state index in [2.05, 4.69) is 34.5 Å². The summed E-state index contributed by atoms with van der Waals surface area (Å²) >= 11 is 1.78. The van der Waals surface area contributed by atoms with Crippen LogP contribution in [0.15, 0.2) is 45.9 Å². The van der Waals surface area contributed by atoms with Crippen molar-refractivity contribution >= 4 is 52.2 Å². The summed E-state index contributed by atoms with van der Waals surface area (Å²) in [7, 11) is 0. The van der Waals surface area contributed by atoms with Crippen molar-refractivity contribution in [2.75, 3.05) is 13.1 Å². The van der Waals surface area contributed by atoms with E-state index >= 15 is 0 Å². The molecule has 0 bridgehead atoms. The fourth-order valence-electron chi connectivity index (χ4n) is 2.53. The van der Waals surface area contributed by atoms with Crippen molar-refractivity contribution in [3.63, 3.8) is 0 Å². The van der Waals surface area contributed by atoms with Crippen LogP contribution in [0.5, 0.6) is 0 Å². The Bertz CT molecular complexity index is 810. The number of aryl methyl sites for hydroxylation is 1. The Morgan fingerprint density at radius 2 is 2.08 bits per heavy atom. The summed E-state index contributed by atoms with van der Waals surface area (Å²) in [5, 5.41) is 8.91. The number of benzene rings is 1. The molecule has 2 N–H and O–H groups in total. The number of thiazole rings is 1. The highest BCUT2D eigenvalue weighted by molar-refractivity contribution is 14.0. The van der Waals surface area contributed by atoms with Crippen LogP contribution in [-0.2, 0) is 19.4 Å². The number of aliphatic imine (C=N–C) groups is 1. The average molecular weight is 484 g/mol. The summed E-state index contributed by atoms with van der Waals surface area (Å²) in [5.41, 5.74) is 0.904. The number of fused-ring (bicyclic) bond motifs is 1. The first-order valence-electron chi connectivity index (χ1n) is 8.71. The van der Waals surface area contributed by atoms with Gasteiger partial charge in [0.15, 0.2) is 5.96 Å². The molecule has 0 fully saturated rings. The summed E-state index contributed by atoms with van der Waals surface area (Å²) in [6, 6.07) is 10.1. The van der Waals surface area contributed by atoms with E-state index in [-0.39, 0.29) is 24.0 Å². The predicted molar refractivity (Wildman–Crippen MR) is 120 cm³/mol. The van der Waals surface area contributed by atoms with Gasteiger partial charge in [-0.1, -0.05) is 25.1 Å². The molecule has 0 saturated heterocycles. The van der Waals surface area contributed by atoms with Gasteiger partial charge in [0.2, 0.25) is 0 Å². The van der Waals surface area contributed by atoms with Crippen LogP contribution in [0.1, 0.15) is 29.5 Å². The number of para-hydroxylation sites is 1. The van der Waals surface area contributed by atoms with Gasteiger partial charge in [-0.15, -0.1) is 35.3 Å². The molecule has 0 aliphatic carbocycles. The Kier molecular flexibility index (Phi) is 8.37. The van der Waals surface area contributed by atoms with Crippen molar-refractivity contribution < 1.29 is 4.42 Å². The molecule has 0 amide bonds. The maximum atomic E-state index is 5.81.